The molecule has 40 heavy (non-hydrogen) atoms. The molecule has 1 heterocycles. The smallest absolute Gasteiger partial charge is 0.414 e. The van der Waals surface area contributed by atoms with Crippen LogP contribution in [0.4, 0.5) is 4.79 Å². The third kappa shape index (κ3) is 16.6. The molecule has 10 heteroatoms. The SMILES string of the molecule is CN(CCC(=O)ON1C(=O)CCC1=O)CCN(C(=O)O)C(=O)CCCCCCCCCCCCCCC(C)(C)C. The number of carbonyl (C=O) groups excluding carboxylic acids is 4. The maximum atomic E-state index is 12.5. The second-order valence-electron chi connectivity index (χ2n) is 12.2. The molecule has 0 saturated carbocycles. The number of imide groups is 2. The average Bonchev–Trinajstić information content (AvgIpc) is 3.19. The third-order valence-electron chi connectivity index (χ3n) is 7.20. The number of hydrogen-bond donors (Lipinski definition) is 1. The number of amides is 4. The maximum Gasteiger partial charge on any atom is 0.414 e. The van der Waals surface area contributed by atoms with Gasteiger partial charge in [-0.2, -0.15) is 0 Å². The lowest BCUT2D eigenvalue weighted by atomic mass is 9.89. The number of rotatable bonds is 21. The number of likely N-dealkylation sites (N-methyl/N-ethyl adjacent to an activating group) is 1. The van der Waals surface area contributed by atoms with Crippen molar-refractivity contribution in [2.75, 3.05) is 26.7 Å². The Bertz CT molecular complexity index is 794. The summed E-state index contributed by atoms with van der Waals surface area (Å²) < 4.78 is 0. The molecule has 0 aromatic heterocycles. The predicted molar refractivity (Wildman–Crippen MR) is 153 cm³/mol. The molecule has 1 fully saturated rings. The van der Waals surface area contributed by atoms with E-state index in [2.05, 4.69) is 20.8 Å². The molecule has 230 valence electrons. The van der Waals surface area contributed by atoms with Crippen molar-refractivity contribution < 1.29 is 33.9 Å². The molecular formula is C30H53N3O7. The molecule has 0 aromatic carbocycles. The predicted octanol–water partition coefficient (Wildman–Crippen LogP) is 5.93. The Morgan fingerprint density at radius 1 is 0.750 bits per heavy atom. The van der Waals surface area contributed by atoms with Crippen LogP contribution in [0, 0.1) is 5.41 Å². The van der Waals surface area contributed by atoms with Gasteiger partial charge in [0, 0.05) is 38.9 Å². The lowest BCUT2D eigenvalue weighted by molar-refractivity contribution is -0.197. The van der Waals surface area contributed by atoms with Gasteiger partial charge in [-0.25, -0.2) is 14.5 Å². The quantitative estimate of drug-likeness (QED) is 0.134. The number of hydrogen-bond acceptors (Lipinski definition) is 7. The van der Waals surface area contributed by atoms with Gasteiger partial charge >= 0.3 is 12.1 Å². The lowest BCUT2D eigenvalue weighted by Crippen LogP contribution is -2.41. The topological polar surface area (TPSA) is 125 Å². The van der Waals surface area contributed by atoms with E-state index in [0.29, 0.717) is 16.9 Å². The summed E-state index contributed by atoms with van der Waals surface area (Å²) in [7, 11) is 1.69. The minimum atomic E-state index is -1.28. The number of carbonyl (C=O) groups is 5. The highest BCUT2D eigenvalue weighted by molar-refractivity contribution is 6.01. The Kier molecular flexibility index (Phi) is 17.4. The highest BCUT2D eigenvalue weighted by Gasteiger charge is 2.32. The highest BCUT2D eigenvalue weighted by Crippen LogP contribution is 2.22. The maximum absolute atomic E-state index is 12.5. The standard InChI is InChI=1S/C30H53N3O7/c1-30(2,3)21-16-14-12-10-8-6-5-7-9-11-13-15-17-25(34)32(29(38)39)24-23-31(4)22-20-28(37)40-33-26(35)18-19-27(33)36/h5-24H2,1-4H3,(H,38,39). The molecule has 0 bridgehead atoms. The first-order valence-electron chi connectivity index (χ1n) is 15.2. The largest absolute Gasteiger partial charge is 0.465 e. The van der Waals surface area contributed by atoms with Gasteiger partial charge in [0.15, 0.2) is 0 Å². The van der Waals surface area contributed by atoms with Crippen LogP contribution < -0.4 is 0 Å². The zero-order valence-corrected chi connectivity index (χ0v) is 25.4. The molecule has 0 aromatic rings. The minimum Gasteiger partial charge on any atom is -0.465 e. The van der Waals surface area contributed by atoms with Crippen LogP contribution in [0.25, 0.3) is 0 Å². The summed E-state index contributed by atoms with van der Waals surface area (Å²) in [4.78, 5) is 66.4. The Labute approximate surface area is 240 Å². The summed E-state index contributed by atoms with van der Waals surface area (Å²) in [5.41, 5.74) is 0.448. The van der Waals surface area contributed by atoms with Gasteiger partial charge in [0.25, 0.3) is 11.8 Å². The molecule has 0 aliphatic carbocycles. The van der Waals surface area contributed by atoms with E-state index in [4.69, 9.17) is 4.84 Å². The first kappa shape index (κ1) is 35.5. The van der Waals surface area contributed by atoms with Crippen LogP contribution in [-0.2, 0) is 24.0 Å². The second kappa shape index (κ2) is 19.6. The average molecular weight is 568 g/mol. The van der Waals surface area contributed by atoms with Crippen molar-refractivity contribution in [1.29, 1.82) is 0 Å². The van der Waals surface area contributed by atoms with Gasteiger partial charge < -0.3 is 14.8 Å². The monoisotopic (exact) mass is 567 g/mol. The summed E-state index contributed by atoms with van der Waals surface area (Å²) in [5.74, 6) is -2.20. The third-order valence-corrected chi connectivity index (χ3v) is 7.20. The van der Waals surface area contributed by atoms with E-state index in [1.165, 1.54) is 57.8 Å². The molecule has 1 aliphatic heterocycles. The molecule has 1 aliphatic rings. The van der Waals surface area contributed by atoms with Crippen molar-refractivity contribution >= 4 is 29.8 Å². The first-order valence-corrected chi connectivity index (χ1v) is 15.2. The fourth-order valence-electron chi connectivity index (χ4n) is 4.63. The van der Waals surface area contributed by atoms with Gasteiger partial charge in [0.2, 0.25) is 5.91 Å². The summed E-state index contributed by atoms with van der Waals surface area (Å²) >= 11 is 0. The van der Waals surface area contributed by atoms with Gasteiger partial charge in [-0.3, -0.25) is 14.4 Å². The minimum absolute atomic E-state index is 0.000595. The summed E-state index contributed by atoms with van der Waals surface area (Å²) in [6, 6.07) is 0. The number of nitrogens with zero attached hydrogens (tertiary/aromatic N) is 3. The molecule has 1 saturated heterocycles. The molecule has 4 amide bonds. The van der Waals surface area contributed by atoms with Gasteiger partial charge in [-0.05, 0) is 25.3 Å². The molecule has 1 N–H and O–H groups in total. The number of hydroxylamine groups is 2. The van der Waals surface area contributed by atoms with Gasteiger partial charge in [-0.15, -0.1) is 5.06 Å². The Morgan fingerprint density at radius 3 is 1.70 bits per heavy atom. The summed E-state index contributed by atoms with van der Waals surface area (Å²) in [5, 5.41) is 9.97. The van der Waals surface area contributed by atoms with Crippen molar-refractivity contribution in [3.05, 3.63) is 0 Å². The van der Waals surface area contributed by atoms with Crippen LogP contribution in [0.1, 0.15) is 130 Å². The fraction of sp³-hybridized carbons (Fsp3) is 0.833. The molecule has 10 nitrogen and oxygen atoms in total. The molecule has 0 unspecified atom stereocenters. The van der Waals surface area contributed by atoms with Crippen molar-refractivity contribution in [2.45, 2.75) is 130 Å². The van der Waals surface area contributed by atoms with E-state index in [1.54, 1.807) is 11.9 Å². The van der Waals surface area contributed by atoms with Gasteiger partial charge in [-0.1, -0.05) is 91.4 Å². The second-order valence-corrected chi connectivity index (χ2v) is 12.2. The first-order chi connectivity index (χ1) is 18.9. The summed E-state index contributed by atoms with van der Waals surface area (Å²) in [6.45, 7) is 7.39. The van der Waals surface area contributed by atoms with Crippen molar-refractivity contribution in [3.63, 3.8) is 0 Å². The molecular weight excluding hydrogens is 514 g/mol. The van der Waals surface area contributed by atoms with Crippen LogP contribution in [0.3, 0.4) is 0 Å². The molecule has 0 atom stereocenters. The zero-order valence-electron chi connectivity index (χ0n) is 25.4. The van der Waals surface area contributed by atoms with Crippen molar-refractivity contribution in [3.8, 4) is 0 Å². The highest BCUT2D eigenvalue weighted by atomic mass is 16.7. The van der Waals surface area contributed by atoms with E-state index in [1.807, 2.05) is 0 Å². The van der Waals surface area contributed by atoms with Gasteiger partial charge in [0.1, 0.15) is 0 Å². The Hall–Kier alpha value is -2.49. The number of carboxylic acid groups (broad SMARTS) is 1. The molecule has 0 radical (unpaired) electrons. The Balaban J connectivity index is 2.08. The van der Waals surface area contributed by atoms with Crippen LogP contribution in [0.5, 0.6) is 0 Å². The van der Waals surface area contributed by atoms with Crippen molar-refractivity contribution in [2.24, 2.45) is 5.41 Å². The normalized spacial score (nSPS) is 13.8. The molecule has 0 spiro atoms. The van der Waals surface area contributed by atoms with E-state index in [9.17, 15) is 29.1 Å². The van der Waals surface area contributed by atoms with E-state index in [0.717, 1.165) is 24.2 Å². The van der Waals surface area contributed by atoms with Crippen molar-refractivity contribution in [1.82, 2.24) is 14.9 Å². The summed E-state index contributed by atoms with van der Waals surface area (Å²) in [6.07, 6.45) is 14.4. The lowest BCUT2D eigenvalue weighted by Gasteiger charge is -2.22. The van der Waals surface area contributed by atoms with Gasteiger partial charge in [0.05, 0.1) is 6.42 Å². The zero-order chi connectivity index (χ0) is 30.0. The molecule has 1 rings (SSSR count). The van der Waals surface area contributed by atoms with E-state index in [-0.39, 0.29) is 45.3 Å². The number of unbranched alkanes of at least 4 members (excludes halogenated alkanes) is 11. The van der Waals surface area contributed by atoms with Crippen LogP contribution in [-0.4, -0.2) is 76.4 Å². The van der Waals surface area contributed by atoms with E-state index >= 15 is 0 Å². The van der Waals surface area contributed by atoms with Crippen LogP contribution in [0.2, 0.25) is 0 Å². The van der Waals surface area contributed by atoms with E-state index < -0.39 is 29.8 Å². The van der Waals surface area contributed by atoms with Crippen LogP contribution >= 0.6 is 0 Å². The fourth-order valence-corrected chi connectivity index (χ4v) is 4.63. The Morgan fingerprint density at radius 2 is 1.23 bits per heavy atom. The van der Waals surface area contributed by atoms with Crippen LogP contribution in [0.15, 0.2) is 0 Å².